The van der Waals surface area contributed by atoms with Crippen molar-refractivity contribution in [1.82, 2.24) is 0 Å². The Kier molecular flexibility index (Phi) is 3.65. The molecule has 0 saturated heterocycles. The summed E-state index contributed by atoms with van der Waals surface area (Å²) in [5, 5.41) is 0. The van der Waals surface area contributed by atoms with E-state index in [1.165, 1.54) is 36.8 Å². The molecule has 0 radical (unpaired) electrons. The zero-order valence-electron chi connectivity index (χ0n) is 10.3. The Morgan fingerprint density at radius 1 is 1.00 bits per heavy atom. The highest BCUT2D eigenvalue weighted by atomic mass is 14.7. The lowest BCUT2D eigenvalue weighted by Crippen LogP contribution is -2.35. The maximum Gasteiger partial charge on any atom is 0.0409 e. The van der Waals surface area contributed by atoms with E-state index in [1.54, 1.807) is 0 Å². The zero-order chi connectivity index (χ0) is 11.4. The molecule has 0 amide bonds. The molecular weight excluding hydrogens is 194 g/mol. The number of aryl methyl sites for hydroxylation is 1. The fourth-order valence-corrected chi connectivity index (χ4v) is 2.72. The Hall–Kier alpha value is -0.820. The van der Waals surface area contributed by atoms with E-state index >= 15 is 0 Å². The van der Waals surface area contributed by atoms with Crippen LogP contribution in [0.3, 0.4) is 0 Å². The molecule has 2 rings (SSSR count). The van der Waals surface area contributed by atoms with Gasteiger partial charge < -0.3 is 5.73 Å². The summed E-state index contributed by atoms with van der Waals surface area (Å²) in [6.07, 6.45) is 8.69. The van der Waals surface area contributed by atoms with Gasteiger partial charge in [-0.15, -0.1) is 0 Å². The third kappa shape index (κ3) is 2.46. The molecule has 1 nitrogen and oxygen atoms in total. The summed E-state index contributed by atoms with van der Waals surface area (Å²) in [6, 6.07) is 8.94. The van der Waals surface area contributed by atoms with Gasteiger partial charge in [-0.2, -0.15) is 0 Å². The minimum atomic E-state index is -0.0528. The van der Waals surface area contributed by atoms with E-state index in [1.807, 2.05) is 0 Å². The lowest BCUT2D eigenvalue weighted by molar-refractivity contribution is 0.385. The lowest BCUT2D eigenvalue weighted by atomic mass is 9.83. The molecule has 0 bridgehead atoms. The highest BCUT2D eigenvalue weighted by molar-refractivity contribution is 5.28. The van der Waals surface area contributed by atoms with Crippen molar-refractivity contribution in [3.8, 4) is 0 Å². The van der Waals surface area contributed by atoms with Gasteiger partial charge in [-0.3, -0.25) is 0 Å². The summed E-state index contributed by atoms with van der Waals surface area (Å²) >= 11 is 0. The molecule has 0 aromatic heterocycles. The fraction of sp³-hybridized carbons (Fsp3) is 0.600. The van der Waals surface area contributed by atoms with Gasteiger partial charge in [0.05, 0.1) is 0 Å². The van der Waals surface area contributed by atoms with Crippen LogP contribution in [-0.2, 0) is 12.0 Å². The van der Waals surface area contributed by atoms with Crippen molar-refractivity contribution in [3.05, 3.63) is 35.4 Å². The van der Waals surface area contributed by atoms with Crippen LogP contribution in [0.15, 0.2) is 24.3 Å². The van der Waals surface area contributed by atoms with Gasteiger partial charge >= 0.3 is 0 Å². The maximum atomic E-state index is 6.57. The van der Waals surface area contributed by atoms with Crippen molar-refractivity contribution in [2.75, 3.05) is 0 Å². The van der Waals surface area contributed by atoms with Crippen molar-refractivity contribution in [2.24, 2.45) is 5.73 Å². The summed E-state index contributed by atoms with van der Waals surface area (Å²) in [5.41, 5.74) is 9.26. The number of hydrogen-bond donors (Lipinski definition) is 1. The van der Waals surface area contributed by atoms with Gasteiger partial charge in [0.1, 0.15) is 0 Å². The van der Waals surface area contributed by atoms with E-state index in [0.29, 0.717) is 0 Å². The predicted molar refractivity (Wildman–Crippen MR) is 69.4 cm³/mol. The standard InChI is InChI=1S/C15H23N/c1-2-13-7-9-14(10-8-13)15(16)11-5-3-4-6-12-15/h7-10H,2-6,11-12,16H2,1H3. The number of hydrogen-bond acceptors (Lipinski definition) is 1. The molecule has 1 aliphatic carbocycles. The molecule has 1 aliphatic rings. The summed E-state index contributed by atoms with van der Waals surface area (Å²) in [7, 11) is 0. The van der Waals surface area contributed by atoms with Crippen molar-refractivity contribution in [3.63, 3.8) is 0 Å². The van der Waals surface area contributed by atoms with Gasteiger partial charge in [0, 0.05) is 5.54 Å². The molecule has 0 spiro atoms. The summed E-state index contributed by atoms with van der Waals surface area (Å²) in [4.78, 5) is 0. The van der Waals surface area contributed by atoms with Gasteiger partial charge in [0.25, 0.3) is 0 Å². The van der Waals surface area contributed by atoms with E-state index in [2.05, 4.69) is 31.2 Å². The average molecular weight is 217 g/mol. The van der Waals surface area contributed by atoms with Gasteiger partial charge in [0.2, 0.25) is 0 Å². The van der Waals surface area contributed by atoms with Crippen molar-refractivity contribution in [1.29, 1.82) is 0 Å². The lowest BCUT2D eigenvalue weighted by Gasteiger charge is -2.28. The zero-order valence-corrected chi connectivity index (χ0v) is 10.3. The third-order valence-electron chi connectivity index (χ3n) is 3.93. The Balaban J connectivity index is 2.19. The third-order valence-corrected chi connectivity index (χ3v) is 3.93. The first kappa shape index (κ1) is 11.7. The van der Waals surface area contributed by atoms with Crippen LogP contribution in [0, 0.1) is 0 Å². The smallest absolute Gasteiger partial charge is 0.0409 e. The molecule has 1 aromatic carbocycles. The predicted octanol–water partition coefficient (Wildman–Crippen LogP) is 3.76. The molecule has 0 heterocycles. The second-order valence-electron chi connectivity index (χ2n) is 5.12. The minimum Gasteiger partial charge on any atom is -0.321 e. The van der Waals surface area contributed by atoms with E-state index in [4.69, 9.17) is 5.73 Å². The largest absolute Gasteiger partial charge is 0.321 e. The molecule has 1 saturated carbocycles. The molecule has 1 fully saturated rings. The highest BCUT2D eigenvalue weighted by Crippen LogP contribution is 2.33. The van der Waals surface area contributed by atoms with Gasteiger partial charge in [-0.05, 0) is 30.4 Å². The number of benzene rings is 1. The van der Waals surface area contributed by atoms with E-state index in [-0.39, 0.29) is 5.54 Å². The Bertz CT molecular complexity index is 318. The Morgan fingerprint density at radius 3 is 2.06 bits per heavy atom. The minimum absolute atomic E-state index is 0.0528. The Labute approximate surface area is 99.0 Å². The van der Waals surface area contributed by atoms with Crippen LogP contribution in [0.1, 0.15) is 56.6 Å². The molecule has 0 aliphatic heterocycles. The van der Waals surface area contributed by atoms with Crippen LogP contribution in [0.4, 0.5) is 0 Å². The fourth-order valence-electron chi connectivity index (χ4n) is 2.72. The highest BCUT2D eigenvalue weighted by Gasteiger charge is 2.27. The SMILES string of the molecule is CCc1ccc(C2(N)CCCCCC2)cc1. The normalized spacial score (nSPS) is 20.4. The van der Waals surface area contributed by atoms with Crippen LogP contribution >= 0.6 is 0 Å². The van der Waals surface area contributed by atoms with Crippen molar-refractivity contribution in [2.45, 2.75) is 57.4 Å². The molecular formula is C15H23N. The number of rotatable bonds is 2. The van der Waals surface area contributed by atoms with Gasteiger partial charge in [0.15, 0.2) is 0 Å². The number of nitrogens with two attached hydrogens (primary N) is 1. The first-order chi connectivity index (χ1) is 7.74. The molecule has 1 aromatic rings. The maximum absolute atomic E-state index is 6.57. The van der Waals surface area contributed by atoms with Gasteiger partial charge in [-0.1, -0.05) is 56.9 Å². The van der Waals surface area contributed by atoms with Gasteiger partial charge in [-0.25, -0.2) is 0 Å². The topological polar surface area (TPSA) is 26.0 Å². The van der Waals surface area contributed by atoms with E-state index < -0.39 is 0 Å². The van der Waals surface area contributed by atoms with Crippen molar-refractivity contribution < 1.29 is 0 Å². The van der Waals surface area contributed by atoms with Crippen LogP contribution in [0.25, 0.3) is 0 Å². The molecule has 1 heteroatoms. The summed E-state index contributed by atoms with van der Waals surface area (Å²) in [5.74, 6) is 0. The quantitative estimate of drug-likeness (QED) is 0.750. The van der Waals surface area contributed by atoms with Crippen LogP contribution in [-0.4, -0.2) is 0 Å². The second-order valence-corrected chi connectivity index (χ2v) is 5.12. The molecule has 0 unspecified atom stereocenters. The first-order valence-electron chi connectivity index (χ1n) is 6.63. The van der Waals surface area contributed by atoms with E-state index in [0.717, 1.165) is 19.3 Å². The average Bonchev–Trinajstić information content (AvgIpc) is 2.55. The summed E-state index contributed by atoms with van der Waals surface area (Å²) in [6.45, 7) is 2.19. The second kappa shape index (κ2) is 5.01. The first-order valence-corrected chi connectivity index (χ1v) is 6.63. The van der Waals surface area contributed by atoms with Crippen molar-refractivity contribution >= 4 is 0 Å². The molecule has 88 valence electrons. The summed E-state index contributed by atoms with van der Waals surface area (Å²) < 4.78 is 0. The molecule has 16 heavy (non-hydrogen) atoms. The van der Waals surface area contributed by atoms with Crippen LogP contribution in [0.5, 0.6) is 0 Å². The van der Waals surface area contributed by atoms with E-state index in [9.17, 15) is 0 Å². The molecule has 2 N–H and O–H groups in total. The monoisotopic (exact) mass is 217 g/mol. The van der Waals surface area contributed by atoms with Crippen LogP contribution < -0.4 is 5.73 Å². The van der Waals surface area contributed by atoms with Crippen LogP contribution in [0.2, 0.25) is 0 Å². The molecule has 0 atom stereocenters. The Morgan fingerprint density at radius 2 is 1.56 bits per heavy atom.